The number of hydrogen-bond donors (Lipinski definition) is 1. The zero-order chi connectivity index (χ0) is 14.4. The van der Waals surface area contributed by atoms with Gasteiger partial charge in [-0.2, -0.15) is 0 Å². The highest BCUT2D eigenvalue weighted by Gasteiger charge is 2.15. The third kappa shape index (κ3) is 4.34. The molecule has 1 atom stereocenters. The van der Waals surface area contributed by atoms with Crippen molar-refractivity contribution in [3.8, 4) is 0 Å². The van der Waals surface area contributed by atoms with E-state index in [9.17, 15) is 0 Å². The van der Waals surface area contributed by atoms with E-state index in [1.54, 1.807) is 11.1 Å². The SMILES string of the molecule is CCCNC(CCCC(C)C)c1ccc2c(c1)CCC2. The Labute approximate surface area is 125 Å². The van der Waals surface area contributed by atoms with Gasteiger partial charge in [0.05, 0.1) is 0 Å². The Morgan fingerprint density at radius 1 is 1.10 bits per heavy atom. The molecule has 20 heavy (non-hydrogen) atoms. The summed E-state index contributed by atoms with van der Waals surface area (Å²) in [6.07, 6.45) is 9.08. The van der Waals surface area contributed by atoms with Gasteiger partial charge in [-0.1, -0.05) is 51.8 Å². The van der Waals surface area contributed by atoms with E-state index in [1.807, 2.05) is 0 Å². The van der Waals surface area contributed by atoms with Crippen molar-refractivity contribution >= 4 is 0 Å². The van der Waals surface area contributed by atoms with Crippen LogP contribution in [-0.2, 0) is 12.8 Å². The Bertz CT molecular complexity index is 408. The Kier molecular flexibility index (Phi) is 6.09. The summed E-state index contributed by atoms with van der Waals surface area (Å²) in [7, 11) is 0. The van der Waals surface area contributed by atoms with E-state index in [2.05, 4.69) is 44.3 Å². The minimum absolute atomic E-state index is 0.555. The van der Waals surface area contributed by atoms with Crippen LogP contribution in [0.5, 0.6) is 0 Å². The second kappa shape index (κ2) is 7.83. The van der Waals surface area contributed by atoms with Crippen LogP contribution in [0, 0.1) is 5.92 Å². The van der Waals surface area contributed by atoms with Crippen LogP contribution >= 0.6 is 0 Å². The molecule has 0 amide bonds. The second-order valence-corrected chi connectivity index (χ2v) is 6.71. The zero-order valence-corrected chi connectivity index (χ0v) is 13.5. The summed E-state index contributed by atoms with van der Waals surface area (Å²) in [6.45, 7) is 8.03. The van der Waals surface area contributed by atoms with Crippen molar-refractivity contribution in [3.63, 3.8) is 0 Å². The molecule has 0 aliphatic heterocycles. The van der Waals surface area contributed by atoms with Crippen LogP contribution in [0.25, 0.3) is 0 Å². The second-order valence-electron chi connectivity index (χ2n) is 6.71. The number of fused-ring (bicyclic) bond motifs is 1. The van der Waals surface area contributed by atoms with Gasteiger partial charge in [-0.05, 0) is 61.3 Å². The van der Waals surface area contributed by atoms with Crippen LogP contribution in [0.15, 0.2) is 18.2 Å². The first-order valence-electron chi connectivity index (χ1n) is 8.55. The van der Waals surface area contributed by atoms with Crippen LogP contribution in [0.3, 0.4) is 0 Å². The van der Waals surface area contributed by atoms with Gasteiger partial charge in [0, 0.05) is 6.04 Å². The zero-order valence-electron chi connectivity index (χ0n) is 13.5. The number of hydrogen-bond acceptors (Lipinski definition) is 1. The van der Waals surface area contributed by atoms with Crippen LogP contribution in [0.2, 0.25) is 0 Å². The predicted molar refractivity (Wildman–Crippen MR) is 88.2 cm³/mol. The third-order valence-electron chi connectivity index (χ3n) is 4.44. The molecule has 1 unspecified atom stereocenters. The van der Waals surface area contributed by atoms with Gasteiger partial charge in [0.25, 0.3) is 0 Å². The Balaban J connectivity index is 2.01. The first kappa shape index (κ1) is 15.6. The molecule has 0 saturated carbocycles. The minimum atomic E-state index is 0.555. The van der Waals surface area contributed by atoms with Gasteiger partial charge in [0.2, 0.25) is 0 Å². The molecule has 1 nitrogen and oxygen atoms in total. The maximum absolute atomic E-state index is 3.75. The quantitative estimate of drug-likeness (QED) is 0.699. The lowest BCUT2D eigenvalue weighted by Crippen LogP contribution is -2.22. The molecule has 0 aromatic heterocycles. The lowest BCUT2D eigenvalue weighted by atomic mass is 9.95. The van der Waals surface area contributed by atoms with Crippen molar-refractivity contribution in [2.45, 2.75) is 71.8 Å². The Morgan fingerprint density at radius 2 is 1.90 bits per heavy atom. The van der Waals surface area contributed by atoms with Crippen molar-refractivity contribution < 1.29 is 0 Å². The molecule has 1 aromatic carbocycles. The smallest absolute Gasteiger partial charge is 0.0320 e. The maximum Gasteiger partial charge on any atom is 0.0320 e. The van der Waals surface area contributed by atoms with Crippen LogP contribution in [0.4, 0.5) is 0 Å². The van der Waals surface area contributed by atoms with E-state index >= 15 is 0 Å². The molecule has 1 heteroatoms. The van der Waals surface area contributed by atoms with E-state index < -0.39 is 0 Å². The molecule has 112 valence electrons. The fourth-order valence-corrected chi connectivity index (χ4v) is 3.24. The molecule has 0 bridgehead atoms. The lowest BCUT2D eigenvalue weighted by molar-refractivity contribution is 0.447. The molecule has 1 aromatic rings. The van der Waals surface area contributed by atoms with Gasteiger partial charge in [0.1, 0.15) is 0 Å². The van der Waals surface area contributed by atoms with Gasteiger partial charge in [0.15, 0.2) is 0 Å². The lowest BCUT2D eigenvalue weighted by Gasteiger charge is -2.20. The van der Waals surface area contributed by atoms with E-state index in [0.29, 0.717) is 6.04 Å². The molecule has 1 aliphatic rings. The summed E-state index contributed by atoms with van der Waals surface area (Å²) in [4.78, 5) is 0. The minimum Gasteiger partial charge on any atom is -0.310 e. The summed E-state index contributed by atoms with van der Waals surface area (Å²) in [5, 5.41) is 3.75. The fourth-order valence-electron chi connectivity index (χ4n) is 3.24. The molecule has 0 spiro atoms. The summed E-state index contributed by atoms with van der Waals surface area (Å²) >= 11 is 0. The van der Waals surface area contributed by atoms with Gasteiger partial charge >= 0.3 is 0 Å². The van der Waals surface area contributed by atoms with Crippen molar-refractivity contribution in [1.29, 1.82) is 0 Å². The van der Waals surface area contributed by atoms with Gasteiger partial charge < -0.3 is 5.32 Å². The monoisotopic (exact) mass is 273 g/mol. The van der Waals surface area contributed by atoms with Crippen molar-refractivity contribution in [1.82, 2.24) is 5.32 Å². The molecular weight excluding hydrogens is 242 g/mol. The third-order valence-corrected chi connectivity index (χ3v) is 4.44. The molecule has 0 radical (unpaired) electrons. The highest BCUT2D eigenvalue weighted by molar-refractivity contribution is 5.36. The standard InChI is InChI=1S/C19H31N/c1-4-13-20-19(10-5-7-15(2)3)18-12-11-16-8-6-9-17(16)14-18/h11-12,14-15,19-20H,4-10,13H2,1-3H3. The van der Waals surface area contributed by atoms with Crippen molar-refractivity contribution in [2.24, 2.45) is 5.92 Å². The van der Waals surface area contributed by atoms with Crippen molar-refractivity contribution in [3.05, 3.63) is 34.9 Å². The molecule has 0 saturated heterocycles. The number of rotatable bonds is 8. The normalized spacial score (nSPS) is 15.6. The van der Waals surface area contributed by atoms with Crippen LogP contribution < -0.4 is 5.32 Å². The van der Waals surface area contributed by atoms with E-state index in [1.165, 1.54) is 50.5 Å². The fraction of sp³-hybridized carbons (Fsp3) is 0.684. The largest absolute Gasteiger partial charge is 0.310 e. The average Bonchev–Trinajstić information content (AvgIpc) is 2.89. The summed E-state index contributed by atoms with van der Waals surface area (Å²) in [5.41, 5.74) is 4.71. The van der Waals surface area contributed by atoms with Crippen LogP contribution in [-0.4, -0.2) is 6.54 Å². The van der Waals surface area contributed by atoms with E-state index in [4.69, 9.17) is 0 Å². The van der Waals surface area contributed by atoms with Crippen molar-refractivity contribution in [2.75, 3.05) is 6.54 Å². The maximum atomic E-state index is 3.75. The number of aryl methyl sites for hydroxylation is 2. The summed E-state index contributed by atoms with van der Waals surface area (Å²) < 4.78 is 0. The molecule has 0 fully saturated rings. The molecule has 1 aliphatic carbocycles. The van der Waals surface area contributed by atoms with Gasteiger partial charge in [-0.3, -0.25) is 0 Å². The Hall–Kier alpha value is -0.820. The molecular formula is C19H31N. The number of benzene rings is 1. The first-order valence-corrected chi connectivity index (χ1v) is 8.55. The molecule has 0 heterocycles. The Morgan fingerprint density at radius 3 is 2.65 bits per heavy atom. The van der Waals surface area contributed by atoms with Gasteiger partial charge in [-0.15, -0.1) is 0 Å². The summed E-state index contributed by atoms with van der Waals surface area (Å²) in [5.74, 6) is 0.821. The molecule has 1 N–H and O–H groups in total. The van der Waals surface area contributed by atoms with Crippen LogP contribution in [0.1, 0.15) is 75.6 Å². The molecule has 2 rings (SSSR count). The van der Waals surface area contributed by atoms with E-state index in [-0.39, 0.29) is 0 Å². The first-order chi connectivity index (χ1) is 9.70. The average molecular weight is 273 g/mol. The highest BCUT2D eigenvalue weighted by Crippen LogP contribution is 2.27. The van der Waals surface area contributed by atoms with Gasteiger partial charge in [-0.25, -0.2) is 0 Å². The predicted octanol–water partition coefficient (Wildman–Crippen LogP) is 5.04. The van der Waals surface area contributed by atoms with E-state index in [0.717, 1.165) is 12.5 Å². The highest BCUT2D eigenvalue weighted by atomic mass is 14.9. The topological polar surface area (TPSA) is 12.0 Å². The number of nitrogens with one attached hydrogen (secondary N) is 1. The summed E-state index contributed by atoms with van der Waals surface area (Å²) in [6, 6.07) is 7.78.